The van der Waals surface area contributed by atoms with Crippen LogP contribution in [0.15, 0.2) is 12.1 Å². The van der Waals surface area contributed by atoms with Crippen LogP contribution in [0.3, 0.4) is 0 Å². The number of rotatable bonds is 2. The topological polar surface area (TPSA) is 66.4 Å². The average molecular weight is 290 g/mol. The average Bonchev–Trinajstić information content (AvgIpc) is 2.21. The van der Waals surface area contributed by atoms with Gasteiger partial charge in [-0.2, -0.15) is 0 Å². The summed E-state index contributed by atoms with van der Waals surface area (Å²) in [5.41, 5.74) is -0.565. The Morgan fingerprint density at radius 3 is 2.22 bits per heavy atom. The smallest absolute Gasteiger partial charge is 0.337 e. The van der Waals surface area contributed by atoms with Crippen molar-refractivity contribution in [1.29, 1.82) is 0 Å². The third kappa shape index (κ3) is 3.37. The molecule has 0 radical (unpaired) electrons. The first-order valence-electron chi connectivity index (χ1n) is 5.16. The van der Waals surface area contributed by atoms with Crippen LogP contribution in [-0.2, 0) is 4.79 Å². The van der Waals surface area contributed by atoms with Gasteiger partial charge in [-0.15, -0.1) is 0 Å². The molecule has 18 heavy (non-hydrogen) atoms. The van der Waals surface area contributed by atoms with Crippen LogP contribution in [-0.4, -0.2) is 17.0 Å². The van der Waals surface area contributed by atoms with E-state index in [0.717, 1.165) is 0 Å². The van der Waals surface area contributed by atoms with Crippen molar-refractivity contribution in [3.8, 4) is 0 Å². The summed E-state index contributed by atoms with van der Waals surface area (Å²) >= 11 is 11.7. The lowest BCUT2D eigenvalue weighted by Crippen LogP contribution is -2.27. The molecule has 6 heteroatoms. The number of carbonyl (C=O) groups excluding carboxylic acids is 1. The van der Waals surface area contributed by atoms with Gasteiger partial charge < -0.3 is 10.4 Å². The molecule has 0 unspecified atom stereocenters. The highest BCUT2D eigenvalue weighted by molar-refractivity contribution is 6.38. The summed E-state index contributed by atoms with van der Waals surface area (Å²) in [4.78, 5) is 22.8. The summed E-state index contributed by atoms with van der Waals surface area (Å²) in [6.45, 7) is 5.21. The maximum absolute atomic E-state index is 11.8. The van der Waals surface area contributed by atoms with Crippen LogP contribution in [0.1, 0.15) is 31.1 Å². The molecule has 1 amide bonds. The van der Waals surface area contributed by atoms with Crippen molar-refractivity contribution in [2.75, 3.05) is 5.32 Å². The zero-order chi connectivity index (χ0) is 14.1. The largest absolute Gasteiger partial charge is 0.478 e. The summed E-state index contributed by atoms with van der Waals surface area (Å²) in [5.74, 6) is -1.48. The first-order valence-corrected chi connectivity index (χ1v) is 5.92. The molecule has 0 bridgehead atoms. The molecule has 0 aromatic heterocycles. The van der Waals surface area contributed by atoms with E-state index in [9.17, 15) is 9.59 Å². The molecule has 1 aromatic rings. The Balaban J connectivity index is 3.18. The molecule has 0 aliphatic rings. The zero-order valence-corrected chi connectivity index (χ0v) is 11.7. The SMILES string of the molecule is CC(C)(C)C(=O)Nc1cc(Cl)cc(C(=O)O)c1Cl. The Hall–Kier alpha value is -1.26. The zero-order valence-electron chi connectivity index (χ0n) is 10.2. The Morgan fingerprint density at radius 1 is 1.22 bits per heavy atom. The van der Waals surface area contributed by atoms with Crippen LogP contribution in [0, 0.1) is 5.41 Å². The van der Waals surface area contributed by atoms with Gasteiger partial charge in [0.05, 0.1) is 16.3 Å². The van der Waals surface area contributed by atoms with Crippen molar-refractivity contribution in [3.05, 3.63) is 27.7 Å². The van der Waals surface area contributed by atoms with E-state index in [-0.39, 0.29) is 27.2 Å². The van der Waals surface area contributed by atoms with E-state index in [1.165, 1.54) is 12.1 Å². The highest BCUT2D eigenvalue weighted by Crippen LogP contribution is 2.31. The highest BCUT2D eigenvalue weighted by atomic mass is 35.5. The van der Waals surface area contributed by atoms with Gasteiger partial charge in [0.15, 0.2) is 0 Å². The summed E-state index contributed by atoms with van der Waals surface area (Å²) in [7, 11) is 0. The second-order valence-corrected chi connectivity index (χ2v) is 5.64. The van der Waals surface area contributed by atoms with Crippen molar-refractivity contribution in [1.82, 2.24) is 0 Å². The molecule has 1 aromatic carbocycles. The van der Waals surface area contributed by atoms with Crippen LogP contribution < -0.4 is 5.32 Å². The molecule has 0 saturated heterocycles. The van der Waals surface area contributed by atoms with Crippen LogP contribution >= 0.6 is 23.2 Å². The second kappa shape index (κ2) is 5.16. The number of carboxylic acid groups (broad SMARTS) is 1. The van der Waals surface area contributed by atoms with Gasteiger partial charge in [0.1, 0.15) is 0 Å². The third-order valence-electron chi connectivity index (χ3n) is 2.20. The van der Waals surface area contributed by atoms with Gasteiger partial charge in [-0.1, -0.05) is 44.0 Å². The molecular weight excluding hydrogens is 277 g/mol. The van der Waals surface area contributed by atoms with E-state index in [4.69, 9.17) is 28.3 Å². The van der Waals surface area contributed by atoms with Crippen molar-refractivity contribution in [3.63, 3.8) is 0 Å². The van der Waals surface area contributed by atoms with Crippen molar-refractivity contribution >= 4 is 40.8 Å². The van der Waals surface area contributed by atoms with E-state index in [1.54, 1.807) is 20.8 Å². The second-order valence-electron chi connectivity index (χ2n) is 4.82. The standard InChI is InChI=1S/C12H13Cl2NO3/c1-12(2,3)11(18)15-8-5-6(13)4-7(9(8)14)10(16)17/h4-5H,1-3H3,(H,15,18)(H,16,17). The molecule has 2 N–H and O–H groups in total. The van der Waals surface area contributed by atoms with Crippen molar-refractivity contribution in [2.45, 2.75) is 20.8 Å². The molecule has 0 aliphatic carbocycles. The lowest BCUT2D eigenvalue weighted by Gasteiger charge is -2.18. The lowest BCUT2D eigenvalue weighted by atomic mass is 9.95. The van der Waals surface area contributed by atoms with Crippen LogP contribution in [0.4, 0.5) is 5.69 Å². The molecular formula is C12H13Cl2NO3. The van der Waals surface area contributed by atoms with Gasteiger partial charge in [-0.25, -0.2) is 4.79 Å². The van der Waals surface area contributed by atoms with E-state index >= 15 is 0 Å². The van der Waals surface area contributed by atoms with Crippen molar-refractivity contribution in [2.24, 2.45) is 5.41 Å². The number of benzene rings is 1. The van der Waals surface area contributed by atoms with E-state index in [2.05, 4.69) is 5.32 Å². The number of amides is 1. The number of anilines is 1. The minimum atomic E-state index is -1.20. The number of nitrogens with one attached hydrogen (secondary N) is 1. The van der Waals surface area contributed by atoms with Gasteiger partial charge in [0, 0.05) is 10.4 Å². The third-order valence-corrected chi connectivity index (χ3v) is 2.82. The predicted molar refractivity (Wildman–Crippen MR) is 71.5 cm³/mol. The summed E-state index contributed by atoms with van der Waals surface area (Å²) < 4.78 is 0. The Labute approximate surface area is 115 Å². The first-order chi connectivity index (χ1) is 8.12. The van der Waals surface area contributed by atoms with Gasteiger partial charge in [-0.05, 0) is 12.1 Å². The molecule has 0 saturated carbocycles. The van der Waals surface area contributed by atoms with E-state index in [1.807, 2.05) is 0 Å². The number of hydrogen-bond acceptors (Lipinski definition) is 2. The normalized spacial score (nSPS) is 11.2. The van der Waals surface area contributed by atoms with E-state index in [0.29, 0.717) is 0 Å². The van der Waals surface area contributed by atoms with Crippen LogP contribution in [0.2, 0.25) is 10.0 Å². The molecule has 4 nitrogen and oxygen atoms in total. The van der Waals surface area contributed by atoms with Crippen molar-refractivity contribution < 1.29 is 14.7 Å². The molecule has 0 atom stereocenters. The fourth-order valence-corrected chi connectivity index (χ4v) is 1.60. The monoisotopic (exact) mass is 289 g/mol. The van der Waals surface area contributed by atoms with Crippen LogP contribution in [0.5, 0.6) is 0 Å². The maximum Gasteiger partial charge on any atom is 0.337 e. The number of hydrogen-bond donors (Lipinski definition) is 2. The van der Waals surface area contributed by atoms with Gasteiger partial charge in [0.2, 0.25) is 5.91 Å². The number of carboxylic acids is 1. The number of halogens is 2. The molecule has 0 fully saturated rings. The van der Waals surface area contributed by atoms with Crippen LogP contribution in [0.25, 0.3) is 0 Å². The van der Waals surface area contributed by atoms with Gasteiger partial charge >= 0.3 is 5.97 Å². The quantitative estimate of drug-likeness (QED) is 0.873. The Bertz CT molecular complexity index is 507. The Morgan fingerprint density at radius 2 is 1.78 bits per heavy atom. The summed E-state index contributed by atoms with van der Waals surface area (Å²) in [5, 5.41) is 11.7. The minimum Gasteiger partial charge on any atom is -0.478 e. The molecule has 0 aliphatic heterocycles. The maximum atomic E-state index is 11.8. The minimum absolute atomic E-state index is 0.0375. The van der Waals surface area contributed by atoms with Gasteiger partial charge in [0.25, 0.3) is 0 Å². The summed E-state index contributed by atoms with van der Waals surface area (Å²) in [6, 6.07) is 2.65. The molecule has 1 rings (SSSR count). The number of aromatic carboxylic acids is 1. The van der Waals surface area contributed by atoms with E-state index < -0.39 is 11.4 Å². The Kier molecular flexibility index (Phi) is 4.24. The molecule has 0 spiro atoms. The number of carbonyl (C=O) groups is 2. The predicted octanol–water partition coefficient (Wildman–Crippen LogP) is 3.68. The fraction of sp³-hybridized carbons (Fsp3) is 0.333. The molecule has 98 valence electrons. The fourth-order valence-electron chi connectivity index (χ4n) is 1.15. The lowest BCUT2D eigenvalue weighted by molar-refractivity contribution is -0.123. The van der Waals surface area contributed by atoms with Gasteiger partial charge in [-0.3, -0.25) is 4.79 Å². The first kappa shape index (κ1) is 14.8. The highest BCUT2D eigenvalue weighted by Gasteiger charge is 2.23. The molecule has 0 heterocycles. The summed E-state index contributed by atoms with van der Waals surface area (Å²) in [6.07, 6.45) is 0.